The van der Waals surface area contributed by atoms with Crippen molar-refractivity contribution in [2.24, 2.45) is 0 Å². The standard InChI is InChI=1S/C23H18ClN3OS/c24-21-14-8-7-9-17(21)16-29-23(27-19-12-5-2-6-13-19)20(15-25)22(28)26-18-10-3-1-4-11-18/h1-14,27H,16H2,(H,26,28)/b23-20+. The molecule has 144 valence electrons. The Morgan fingerprint density at radius 3 is 2.00 bits per heavy atom. The van der Waals surface area contributed by atoms with Crippen LogP contribution in [0.3, 0.4) is 0 Å². The highest BCUT2D eigenvalue weighted by Crippen LogP contribution is 2.29. The molecule has 29 heavy (non-hydrogen) atoms. The van der Waals surface area contributed by atoms with E-state index in [1.54, 1.807) is 12.1 Å². The predicted octanol–water partition coefficient (Wildman–Crippen LogP) is 6.06. The number of nitrogens with zero attached hydrogens (tertiary/aromatic N) is 1. The van der Waals surface area contributed by atoms with Crippen molar-refractivity contribution in [3.63, 3.8) is 0 Å². The average Bonchev–Trinajstić information content (AvgIpc) is 2.75. The van der Waals surface area contributed by atoms with Gasteiger partial charge in [0, 0.05) is 22.2 Å². The molecular weight excluding hydrogens is 402 g/mol. The zero-order valence-electron chi connectivity index (χ0n) is 15.4. The van der Waals surface area contributed by atoms with Gasteiger partial charge in [-0.3, -0.25) is 4.79 Å². The van der Waals surface area contributed by atoms with Gasteiger partial charge in [0.25, 0.3) is 5.91 Å². The molecule has 0 aliphatic carbocycles. The van der Waals surface area contributed by atoms with Crippen molar-refractivity contribution < 1.29 is 4.79 Å². The van der Waals surface area contributed by atoms with Crippen molar-refractivity contribution in [2.75, 3.05) is 10.6 Å². The van der Waals surface area contributed by atoms with E-state index in [4.69, 9.17) is 11.6 Å². The third-order valence-electron chi connectivity index (χ3n) is 3.96. The molecule has 1 amide bonds. The Morgan fingerprint density at radius 1 is 0.862 bits per heavy atom. The summed E-state index contributed by atoms with van der Waals surface area (Å²) < 4.78 is 0. The molecule has 6 heteroatoms. The number of halogens is 1. The van der Waals surface area contributed by atoms with Crippen LogP contribution >= 0.6 is 23.4 Å². The SMILES string of the molecule is N#C/C(C(=O)Nc1ccccc1)=C(/Nc1ccccc1)SCc1ccccc1Cl. The van der Waals surface area contributed by atoms with Gasteiger partial charge >= 0.3 is 0 Å². The van der Waals surface area contributed by atoms with Crippen LogP contribution in [0.4, 0.5) is 11.4 Å². The minimum atomic E-state index is -0.469. The van der Waals surface area contributed by atoms with E-state index in [9.17, 15) is 10.1 Å². The number of para-hydroxylation sites is 2. The molecule has 0 atom stereocenters. The molecule has 0 heterocycles. The van der Waals surface area contributed by atoms with Crippen LogP contribution in [0.15, 0.2) is 95.5 Å². The van der Waals surface area contributed by atoms with Crippen LogP contribution in [-0.4, -0.2) is 5.91 Å². The van der Waals surface area contributed by atoms with Crippen LogP contribution in [0, 0.1) is 11.3 Å². The fourth-order valence-corrected chi connectivity index (χ4v) is 3.81. The Morgan fingerprint density at radius 2 is 1.41 bits per heavy atom. The summed E-state index contributed by atoms with van der Waals surface area (Å²) in [5.41, 5.74) is 2.34. The van der Waals surface area contributed by atoms with Crippen molar-refractivity contribution in [1.29, 1.82) is 5.26 Å². The molecule has 0 aliphatic heterocycles. The monoisotopic (exact) mass is 419 g/mol. The summed E-state index contributed by atoms with van der Waals surface area (Å²) in [6.45, 7) is 0. The smallest absolute Gasteiger partial charge is 0.269 e. The van der Waals surface area contributed by atoms with E-state index in [1.807, 2.05) is 78.9 Å². The number of nitriles is 1. The topological polar surface area (TPSA) is 64.9 Å². The summed E-state index contributed by atoms with van der Waals surface area (Å²) in [5.74, 6) is 0.0438. The van der Waals surface area contributed by atoms with Crippen LogP contribution in [0.1, 0.15) is 5.56 Å². The molecule has 2 N–H and O–H groups in total. The van der Waals surface area contributed by atoms with Crippen molar-refractivity contribution >= 4 is 40.6 Å². The Hall–Kier alpha value is -3.20. The zero-order chi connectivity index (χ0) is 20.5. The number of rotatable bonds is 7. The van der Waals surface area contributed by atoms with Crippen molar-refractivity contribution in [1.82, 2.24) is 0 Å². The zero-order valence-corrected chi connectivity index (χ0v) is 17.0. The summed E-state index contributed by atoms with van der Waals surface area (Å²) in [6.07, 6.45) is 0. The highest BCUT2D eigenvalue weighted by atomic mass is 35.5. The molecule has 0 aliphatic rings. The number of hydrogen-bond acceptors (Lipinski definition) is 4. The molecule has 3 aromatic carbocycles. The second kappa shape index (κ2) is 10.4. The minimum Gasteiger partial charge on any atom is -0.349 e. The molecule has 0 unspecified atom stereocenters. The van der Waals surface area contributed by atoms with Gasteiger partial charge in [0.2, 0.25) is 0 Å². The fraction of sp³-hybridized carbons (Fsp3) is 0.0435. The number of amides is 1. The second-order valence-electron chi connectivity index (χ2n) is 6.01. The first-order chi connectivity index (χ1) is 14.2. The van der Waals surface area contributed by atoms with Gasteiger partial charge < -0.3 is 10.6 Å². The van der Waals surface area contributed by atoms with E-state index in [0.29, 0.717) is 21.5 Å². The lowest BCUT2D eigenvalue weighted by molar-refractivity contribution is -0.112. The molecule has 4 nitrogen and oxygen atoms in total. The summed E-state index contributed by atoms with van der Waals surface area (Å²) in [4.78, 5) is 12.8. The van der Waals surface area contributed by atoms with Gasteiger partial charge in [0.15, 0.2) is 0 Å². The summed E-state index contributed by atoms with van der Waals surface area (Å²) in [5, 5.41) is 16.8. The van der Waals surface area contributed by atoms with E-state index < -0.39 is 5.91 Å². The van der Waals surface area contributed by atoms with Crippen molar-refractivity contribution in [3.8, 4) is 6.07 Å². The van der Waals surface area contributed by atoms with Crippen LogP contribution in [0.25, 0.3) is 0 Å². The molecule has 0 saturated heterocycles. The average molecular weight is 420 g/mol. The van der Waals surface area contributed by atoms with Gasteiger partial charge in [-0.2, -0.15) is 5.26 Å². The van der Waals surface area contributed by atoms with Crippen molar-refractivity contribution in [2.45, 2.75) is 5.75 Å². The van der Waals surface area contributed by atoms with E-state index >= 15 is 0 Å². The lowest BCUT2D eigenvalue weighted by Crippen LogP contribution is -2.17. The number of carbonyl (C=O) groups is 1. The Bertz CT molecular complexity index is 1050. The number of hydrogen-bond donors (Lipinski definition) is 2. The quantitative estimate of drug-likeness (QED) is 0.361. The molecule has 0 spiro atoms. The summed E-state index contributed by atoms with van der Waals surface area (Å²) >= 11 is 7.61. The van der Waals surface area contributed by atoms with Crippen LogP contribution in [0.5, 0.6) is 0 Å². The first-order valence-corrected chi connectivity index (χ1v) is 10.2. The lowest BCUT2D eigenvalue weighted by atomic mass is 10.2. The Labute approximate surface area is 179 Å². The maximum atomic E-state index is 12.8. The van der Waals surface area contributed by atoms with E-state index in [1.165, 1.54) is 11.8 Å². The van der Waals surface area contributed by atoms with E-state index in [-0.39, 0.29) is 5.57 Å². The number of anilines is 2. The highest BCUT2D eigenvalue weighted by molar-refractivity contribution is 8.02. The molecule has 0 radical (unpaired) electrons. The molecule has 0 fully saturated rings. The van der Waals surface area contributed by atoms with Gasteiger partial charge in [-0.25, -0.2) is 0 Å². The van der Waals surface area contributed by atoms with Crippen LogP contribution < -0.4 is 10.6 Å². The molecule has 0 aromatic heterocycles. The van der Waals surface area contributed by atoms with Gasteiger partial charge in [0.1, 0.15) is 11.6 Å². The van der Waals surface area contributed by atoms with Crippen molar-refractivity contribution in [3.05, 3.63) is 106 Å². The molecule has 3 aromatic rings. The Kier molecular flexibility index (Phi) is 7.34. The molecule has 3 rings (SSSR count). The molecule has 0 bridgehead atoms. The normalized spacial score (nSPS) is 11.2. The van der Waals surface area contributed by atoms with Crippen LogP contribution in [-0.2, 0) is 10.5 Å². The molecule has 0 saturated carbocycles. The first-order valence-electron chi connectivity index (χ1n) is 8.86. The summed E-state index contributed by atoms with van der Waals surface area (Å²) in [6, 6.07) is 28.0. The molecular formula is C23H18ClN3OS. The first kappa shape index (κ1) is 20.5. The lowest BCUT2D eigenvalue weighted by Gasteiger charge is -2.14. The summed E-state index contributed by atoms with van der Waals surface area (Å²) in [7, 11) is 0. The number of thioether (sulfide) groups is 1. The van der Waals surface area contributed by atoms with Gasteiger partial charge in [0.05, 0.1) is 5.03 Å². The highest BCUT2D eigenvalue weighted by Gasteiger charge is 2.17. The maximum absolute atomic E-state index is 12.8. The predicted molar refractivity (Wildman–Crippen MR) is 121 cm³/mol. The van der Waals surface area contributed by atoms with Gasteiger partial charge in [-0.15, -0.1) is 11.8 Å². The van der Waals surface area contributed by atoms with Gasteiger partial charge in [-0.1, -0.05) is 66.2 Å². The number of benzene rings is 3. The van der Waals surface area contributed by atoms with E-state index in [0.717, 1.165) is 11.3 Å². The van der Waals surface area contributed by atoms with E-state index in [2.05, 4.69) is 10.6 Å². The van der Waals surface area contributed by atoms with Crippen LogP contribution in [0.2, 0.25) is 5.02 Å². The fourth-order valence-electron chi connectivity index (χ4n) is 2.51. The second-order valence-corrected chi connectivity index (χ2v) is 7.40. The largest absolute Gasteiger partial charge is 0.349 e. The number of carbonyl (C=O) groups excluding carboxylic acids is 1. The third kappa shape index (κ3) is 5.89. The Balaban J connectivity index is 1.89. The number of nitrogens with one attached hydrogen (secondary N) is 2. The van der Waals surface area contributed by atoms with Gasteiger partial charge in [-0.05, 0) is 35.9 Å². The minimum absolute atomic E-state index is 0.00904. The maximum Gasteiger partial charge on any atom is 0.269 e. The third-order valence-corrected chi connectivity index (χ3v) is 5.38.